The zero-order valence-corrected chi connectivity index (χ0v) is 10.0. The highest BCUT2D eigenvalue weighted by atomic mass is 14.9. The van der Waals surface area contributed by atoms with Crippen molar-refractivity contribution >= 4 is 0 Å². The highest BCUT2D eigenvalue weighted by Crippen LogP contribution is 2.21. The lowest BCUT2D eigenvalue weighted by Gasteiger charge is -2.18. The van der Waals surface area contributed by atoms with Gasteiger partial charge in [-0.15, -0.1) is 0 Å². The summed E-state index contributed by atoms with van der Waals surface area (Å²) >= 11 is 0. The third kappa shape index (κ3) is 2.33. The molecule has 3 nitrogen and oxygen atoms in total. The maximum atomic E-state index is 9.02. The Bertz CT molecular complexity index is 408. The van der Waals surface area contributed by atoms with Crippen LogP contribution in [-0.2, 0) is 11.8 Å². The molecule has 0 spiro atoms. The van der Waals surface area contributed by atoms with Crippen LogP contribution >= 0.6 is 0 Å². The molecular formula is C12H17N3. The summed E-state index contributed by atoms with van der Waals surface area (Å²) in [6.07, 6.45) is 0.805. The zero-order valence-electron chi connectivity index (χ0n) is 10.0. The molecule has 1 rings (SSSR count). The average Bonchev–Trinajstić information content (AvgIpc) is 2.15. The Labute approximate surface area is 91.2 Å². The van der Waals surface area contributed by atoms with E-state index in [1.807, 2.05) is 13.8 Å². The Morgan fingerprint density at radius 3 is 2.27 bits per heavy atom. The number of aryl methyl sites for hydroxylation is 1. The van der Waals surface area contributed by atoms with E-state index in [-0.39, 0.29) is 5.41 Å². The highest BCUT2D eigenvalue weighted by Gasteiger charge is 2.20. The van der Waals surface area contributed by atoms with E-state index in [4.69, 9.17) is 5.26 Å². The van der Waals surface area contributed by atoms with Crippen molar-refractivity contribution < 1.29 is 0 Å². The van der Waals surface area contributed by atoms with Crippen molar-refractivity contribution in [2.45, 2.75) is 46.5 Å². The van der Waals surface area contributed by atoms with Crippen molar-refractivity contribution in [2.75, 3.05) is 0 Å². The number of rotatable bonds is 1. The van der Waals surface area contributed by atoms with Gasteiger partial charge in [-0.05, 0) is 13.3 Å². The van der Waals surface area contributed by atoms with Gasteiger partial charge in [0.15, 0.2) is 0 Å². The molecule has 0 aliphatic heterocycles. The second kappa shape index (κ2) is 3.98. The first-order valence-corrected chi connectivity index (χ1v) is 5.18. The quantitative estimate of drug-likeness (QED) is 0.704. The minimum Gasteiger partial charge on any atom is -0.237 e. The molecule has 0 atom stereocenters. The Hall–Kier alpha value is -1.43. The average molecular weight is 203 g/mol. The number of hydrogen-bond donors (Lipinski definition) is 0. The van der Waals surface area contributed by atoms with Gasteiger partial charge in [-0.25, -0.2) is 9.97 Å². The molecular weight excluding hydrogens is 186 g/mol. The lowest BCUT2D eigenvalue weighted by Crippen LogP contribution is -2.18. The third-order valence-electron chi connectivity index (χ3n) is 2.34. The van der Waals surface area contributed by atoms with Crippen molar-refractivity contribution in [1.29, 1.82) is 5.26 Å². The van der Waals surface area contributed by atoms with Gasteiger partial charge in [-0.3, -0.25) is 0 Å². The van der Waals surface area contributed by atoms with Gasteiger partial charge >= 0.3 is 0 Å². The highest BCUT2D eigenvalue weighted by molar-refractivity contribution is 5.35. The van der Waals surface area contributed by atoms with Gasteiger partial charge in [-0.2, -0.15) is 5.26 Å². The molecule has 1 heterocycles. The van der Waals surface area contributed by atoms with Crippen LogP contribution in [-0.4, -0.2) is 9.97 Å². The van der Waals surface area contributed by atoms with Crippen molar-refractivity contribution in [3.05, 3.63) is 22.8 Å². The van der Waals surface area contributed by atoms with Gasteiger partial charge in [-0.1, -0.05) is 27.7 Å². The van der Waals surface area contributed by atoms with E-state index in [0.29, 0.717) is 5.69 Å². The van der Waals surface area contributed by atoms with Crippen LogP contribution in [0.15, 0.2) is 0 Å². The maximum Gasteiger partial charge on any atom is 0.147 e. The summed E-state index contributed by atoms with van der Waals surface area (Å²) in [5.41, 5.74) is 2.30. The first-order valence-electron chi connectivity index (χ1n) is 5.18. The molecule has 0 aliphatic carbocycles. The van der Waals surface area contributed by atoms with Crippen molar-refractivity contribution in [3.8, 4) is 6.07 Å². The molecule has 3 heteroatoms. The van der Waals surface area contributed by atoms with Crippen LogP contribution in [0.2, 0.25) is 0 Å². The summed E-state index contributed by atoms with van der Waals surface area (Å²) in [7, 11) is 0. The van der Waals surface area contributed by atoms with E-state index in [0.717, 1.165) is 23.5 Å². The minimum absolute atomic E-state index is 0.109. The Morgan fingerprint density at radius 1 is 1.27 bits per heavy atom. The number of hydrogen-bond acceptors (Lipinski definition) is 3. The van der Waals surface area contributed by atoms with Gasteiger partial charge in [0, 0.05) is 16.7 Å². The van der Waals surface area contributed by atoms with Crippen LogP contribution in [0.3, 0.4) is 0 Å². The molecule has 0 aromatic carbocycles. The molecule has 1 aromatic rings. The molecule has 15 heavy (non-hydrogen) atoms. The first-order chi connectivity index (χ1) is 6.90. The van der Waals surface area contributed by atoms with Gasteiger partial charge in [0.2, 0.25) is 0 Å². The van der Waals surface area contributed by atoms with Gasteiger partial charge in [0.05, 0.1) is 0 Å². The normalized spacial score (nSPS) is 11.2. The van der Waals surface area contributed by atoms with Crippen LogP contribution in [0.25, 0.3) is 0 Å². The SMILES string of the molecule is CCc1c(C)nc(C(C)(C)C)nc1C#N. The zero-order chi connectivity index (χ0) is 11.6. The fraction of sp³-hybridized carbons (Fsp3) is 0.583. The van der Waals surface area contributed by atoms with E-state index in [9.17, 15) is 0 Å². The second-order valence-corrected chi connectivity index (χ2v) is 4.68. The second-order valence-electron chi connectivity index (χ2n) is 4.68. The van der Waals surface area contributed by atoms with E-state index >= 15 is 0 Å². The number of nitrogens with zero attached hydrogens (tertiary/aromatic N) is 3. The fourth-order valence-corrected chi connectivity index (χ4v) is 1.45. The Morgan fingerprint density at radius 2 is 1.87 bits per heavy atom. The predicted octanol–water partition coefficient (Wildman–Crippen LogP) is 2.52. The summed E-state index contributed by atoms with van der Waals surface area (Å²) in [5.74, 6) is 0.744. The van der Waals surface area contributed by atoms with Crippen molar-refractivity contribution in [3.63, 3.8) is 0 Å². The third-order valence-corrected chi connectivity index (χ3v) is 2.34. The molecule has 0 saturated heterocycles. The van der Waals surface area contributed by atoms with E-state index in [2.05, 4.69) is 36.8 Å². The predicted molar refractivity (Wildman–Crippen MR) is 59.6 cm³/mol. The van der Waals surface area contributed by atoms with Crippen molar-refractivity contribution in [1.82, 2.24) is 9.97 Å². The number of nitriles is 1. The van der Waals surface area contributed by atoms with Gasteiger partial charge in [0.25, 0.3) is 0 Å². The summed E-state index contributed by atoms with van der Waals surface area (Å²) in [6.45, 7) is 10.1. The van der Waals surface area contributed by atoms with E-state index in [1.54, 1.807) is 0 Å². The van der Waals surface area contributed by atoms with Crippen LogP contribution in [0.4, 0.5) is 0 Å². The summed E-state index contributed by atoms with van der Waals surface area (Å²) in [6, 6.07) is 2.15. The van der Waals surface area contributed by atoms with Crippen LogP contribution in [0.1, 0.15) is 50.5 Å². The van der Waals surface area contributed by atoms with Crippen molar-refractivity contribution in [2.24, 2.45) is 0 Å². The summed E-state index contributed by atoms with van der Waals surface area (Å²) < 4.78 is 0. The molecule has 0 fully saturated rings. The van der Waals surface area contributed by atoms with Crippen LogP contribution in [0, 0.1) is 18.3 Å². The summed E-state index contributed by atoms with van der Waals surface area (Å²) in [4.78, 5) is 8.78. The summed E-state index contributed by atoms with van der Waals surface area (Å²) in [5, 5.41) is 9.02. The molecule has 0 unspecified atom stereocenters. The van der Waals surface area contributed by atoms with E-state index in [1.165, 1.54) is 0 Å². The van der Waals surface area contributed by atoms with E-state index < -0.39 is 0 Å². The minimum atomic E-state index is -0.109. The smallest absolute Gasteiger partial charge is 0.147 e. The molecule has 1 aromatic heterocycles. The molecule has 0 radical (unpaired) electrons. The maximum absolute atomic E-state index is 9.02. The van der Waals surface area contributed by atoms with Gasteiger partial charge in [0.1, 0.15) is 17.6 Å². The molecule has 0 amide bonds. The standard InChI is InChI=1S/C12H17N3/c1-6-9-8(2)14-11(12(3,4)5)15-10(9)7-13/h6H2,1-5H3. The molecule has 0 bridgehead atoms. The lowest BCUT2D eigenvalue weighted by molar-refractivity contribution is 0.540. The Balaban J connectivity index is 3.41. The molecule has 0 N–H and O–H groups in total. The first kappa shape index (κ1) is 11.6. The van der Waals surface area contributed by atoms with Crippen LogP contribution < -0.4 is 0 Å². The molecule has 0 aliphatic rings. The fourth-order valence-electron chi connectivity index (χ4n) is 1.45. The topological polar surface area (TPSA) is 49.6 Å². The lowest BCUT2D eigenvalue weighted by atomic mass is 9.95. The number of aromatic nitrogens is 2. The molecule has 0 saturated carbocycles. The Kier molecular flexibility index (Phi) is 3.09. The van der Waals surface area contributed by atoms with Crippen LogP contribution in [0.5, 0.6) is 0 Å². The molecule has 80 valence electrons. The monoisotopic (exact) mass is 203 g/mol. The van der Waals surface area contributed by atoms with Gasteiger partial charge < -0.3 is 0 Å². The largest absolute Gasteiger partial charge is 0.237 e.